The summed E-state index contributed by atoms with van der Waals surface area (Å²) >= 11 is 6.18. The van der Waals surface area contributed by atoms with Gasteiger partial charge in [-0.1, -0.05) is 37.3 Å². The van der Waals surface area contributed by atoms with Gasteiger partial charge in [0, 0.05) is 18.3 Å². The first kappa shape index (κ1) is 22.4. The summed E-state index contributed by atoms with van der Waals surface area (Å²) in [5.41, 5.74) is 0.650. The molecule has 2 aromatic rings. The molecule has 170 valence electrons. The lowest BCUT2D eigenvalue weighted by Crippen LogP contribution is -2.22. The van der Waals surface area contributed by atoms with Gasteiger partial charge in [-0.25, -0.2) is 0 Å². The third-order valence-corrected chi connectivity index (χ3v) is 5.86. The average molecular weight is 459 g/mol. The number of aromatic nitrogens is 3. The predicted molar refractivity (Wildman–Crippen MR) is 120 cm³/mol. The van der Waals surface area contributed by atoms with Gasteiger partial charge >= 0.3 is 6.01 Å². The van der Waals surface area contributed by atoms with Crippen LogP contribution in [0.3, 0.4) is 0 Å². The first-order chi connectivity index (χ1) is 15.7. The zero-order valence-corrected chi connectivity index (χ0v) is 18.6. The molecule has 1 atom stereocenters. The number of hydrogen-bond donors (Lipinski definition) is 2. The molecule has 4 rings (SSSR count). The molecule has 0 bridgehead atoms. The molecule has 0 amide bonds. The summed E-state index contributed by atoms with van der Waals surface area (Å²) in [5, 5.41) is 15.6. The van der Waals surface area contributed by atoms with Crippen LogP contribution in [-0.4, -0.2) is 40.3 Å². The highest BCUT2D eigenvalue weighted by atomic mass is 35.5. The van der Waals surface area contributed by atoms with Gasteiger partial charge in [-0.2, -0.15) is 15.0 Å². The van der Waals surface area contributed by atoms with Crippen molar-refractivity contribution < 1.29 is 14.2 Å². The van der Waals surface area contributed by atoms with Gasteiger partial charge in [-0.3, -0.25) is 0 Å². The van der Waals surface area contributed by atoms with Crippen LogP contribution in [0.5, 0.6) is 11.8 Å². The van der Waals surface area contributed by atoms with Gasteiger partial charge < -0.3 is 24.8 Å². The van der Waals surface area contributed by atoms with E-state index in [1.165, 1.54) is 25.7 Å². The fourth-order valence-corrected chi connectivity index (χ4v) is 4.15. The molecule has 1 aliphatic carbocycles. The van der Waals surface area contributed by atoms with Crippen LogP contribution in [0.15, 0.2) is 18.2 Å². The molecule has 2 heterocycles. The van der Waals surface area contributed by atoms with Gasteiger partial charge in [0.1, 0.15) is 6.61 Å². The van der Waals surface area contributed by atoms with Crippen LogP contribution in [0.25, 0.3) is 0 Å². The first-order valence-electron chi connectivity index (χ1n) is 11.1. The topological polar surface area (TPSA) is 114 Å². The number of hydrogen-bond acceptors (Lipinski definition) is 9. The van der Waals surface area contributed by atoms with Crippen molar-refractivity contribution in [2.45, 2.75) is 63.5 Å². The molecule has 1 aliphatic heterocycles. The quantitative estimate of drug-likeness (QED) is 0.424. The average Bonchev–Trinajstić information content (AvgIpc) is 3.18. The second-order valence-electron chi connectivity index (χ2n) is 8.01. The van der Waals surface area contributed by atoms with Crippen LogP contribution < -0.4 is 20.1 Å². The zero-order valence-electron chi connectivity index (χ0n) is 17.8. The molecule has 2 N–H and O–H groups in total. The molecule has 10 heteroatoms. The molecular formula is C22H27ClN6O3. The summed E-state index contributed by atoms with van der Waals surface area (Å²) in [4.78, 5) is 13.4. The normalized spacial score (nSPS) is 19.1. The second kappa shape index (κ2) is 11.2. The van der Waals surface area contributed by atoms with E-state index in [2.05, 4.69) is 25.6 Å². The van der Waals surface area contributed by atoms with Crippen molar-refractivity contribution in [3.8, 4) is 18.0 Å². The van der Waals surface area contributed by atoms with Crippen molar-refractivity contribution >= 4 is 29.2 Å². The number of nitrogens with zero attached hydrogens (tertiary/aromatic N) is 4. The summed E-state index contributed by atoms with van der Waals surface area (Å²) < 4.78 is 16.3. The predicted octanol–water partition coefficient (Wildman–Crippen LogP) is 4.82. The van der Waals surface area contributed by atoms with Gasteiger partial charge in [-0.05, 0) is 43.9 Å². The van der Waals surface area contributed by atoms with Crippen molar-refractivity contribution in [1.29, 1.82) is 5.26 Å². The van der Waals surface area contributed by atoms with E-state index in [4.69, 9.17) is 31.1 Å². The zero-order chi connectivity index (χ0) is 22.2. The highest BCUT2D eigenvalue weighted by Gasteiger charge is 2.19. The molecule has 0 spiro atoms. The van der Waals surface area contributed by atoms with Crippen molar-refractivity contribution in [3.63, 3.8) is 0 Å². The molecular weight excluding hydrogens is 432 g/mol. The fraction of sp³-hybridized carbons (Fsp3) is 0.545. The lowest BCUT2D eigenvalue weighted by atomic mass is 10.1. The molecule has 1 aromatic carbocycles. The number of rotatable bonds is 8. The Morgan fingerprint density at radius 1 is 1.06 bits per heavy atom. The molecule has 32 heavy (non-hydrogen) atoms. The molecule has 2 aliphatic rings. The Kier molecular flexibility index (Phi) is 7.80. The lowest BCUT2D eigenvalue weighted by molar-refractivity contribution is 0.0645. The number of benzene rings is 1. The van der Waals surface area contributed by atoms with Crippen molar-refractivity contribution in [2.24, 2.45) is 0 Å². The highest BCUT2D eigenvalue weighted by Crippen LogP contribution is 2.29. The van der Waals surface area contributed by atoms with E-state index >= 15 is 0 Å². The minimum absolute atomic E-state index is 0.0629. The molecule has 1 unspecified atom stereocenters. The molecule has 1 saturated carbocycles. The van der Waals surface area contributed by atoms with Gasteiger partial charge in [0.25, 0.3) is 6.26 Å². The second-order valence-corrected chi connectivity index (χ2v) is 8.41. The molecule has 1 aromatic heterocycles. The standard InChI is InChI=1S/C22H27ClN6O3/c23-18-12-16(9-10-19(18)32-14-24)26-21-27-20(25-15-6-3-1-2-4-7-15)28-22(29-21)31-13-17-8-5-11-30-17/h9-10,12,15,17H,1-8,11,13H2,(H2,25,26,27,28,29). The minimum atomic E-state index is 0.0629. The van der Waals surface area contributed by atoms with E-state index in [0.29, 0.717) is 35.3 Å². The number of nitrogens with one attached hydrogen (secondary N) is 2. The summed E-state index contributed by atoms with van der Waals surface area (Å²) in [7, 11) is 0. The number of nitriles is 1. The summed E-state index contributed by atoms with van der Waals surface area (Å²) in [5.74, 6) is 1.10. The van der Waals surface area contributed by atoms with Crippen LogP contribution >= 0.6 is 11.6 Å². The van der Waals surface area contributed by atoms with E-state index in [0.717, 1.165) is 32.3 Å². The Morgan fingerprint density at radius 3 is 2.59 bits per heavy atom. The maximum atomic E-state index is 8.69. The third-order valence-electron chi connectivity index (χ3n) is 5.57. The maximum absolute atomic E-state index is 8.69. The monoisotopic (exact) mass is 458 g/mol. The fourth-order valence-electron chi connectivity index (χ4n) is 3.93. The van der Waals surface area contributed by atoms with Crippen LogP contribution in [0.1, 0.15) is 51.4 Å². The highest BCUT2D eigenvalue weighted by molar-refractivity contribution is 6.32. The lowest BCUT2D eigenvalue weighted by Gasteiger charge is -2.17. The van der Waals surface area contributed by atoms with E-state index in [1.807, 2.05) is 0 Å². The van der Waals surface area contributed by atoms with Crippen molar-refractivity contribution in [3.05, 3.63) is 23.2 Å². The van der Waals surface area contributed by atoms with Crippen molar-refractivity contribution in [1.82, 2.24) is 15.0 Å². The van der Waals surface area contributed by atoms with Gasteiger partial charge in [0.2, 0.25) is 11.9 Å². The third kappa shape index (κ3) is 6.34. The Bertz CT molecular complexity index is 940. The summed E-state index contributed by atoms with van der Waals surface area (Å²) in [6.45, 7) is 1.16. The van der Waals surface area contributed by atoms with Gasteiger partial charge in [-0.15, -0.1) is 5.26 Å². The molecule has 2 fully saturated rings. The smallest absolute Gasteiger partial charge is 0.323 e. The molecule has 1 saturated heterocycles. The molecule has 0 radical (unpaired) electrons. The first-order valence-corrected chi connectivity index (χ1v) is 11.5. The summed E-state index contributed by atoms with van der Waals surface area (Å²) in [6, 6.07) is 5.55. The van der Waals surface area contributed by atoms with Crippen LogP contribution in [-0.2, 0) is 4.74 Å². The van der Waals surface area contributed by atoms with Crippen LogP contribution in [0.2, 0.25) is 5.02 Å². The Labute approximate surface area is 192 Å². The van der Waals surface area contributed by atoms with Gasteiger partial charge in [0.05, 0.1) is 11.1 Å². The summed E-state index contributed by atoms with van der Waals surface area (Å²) in [6.07, 6.45) is 10.8. The Balaban J connectivity index is 1.51. The minimum Gasteiger partial charge on any atom is -0.461 e. The Hall–Kier alpha value is -2.83. The maximum Gasteiger partial charge on any atom is 0.323 e. The van der Waals surface area contributed by atoms with Crippen LogP contribution in [0, 0.1) is 11.5 Å². The Morgan fingerprint density at radius 2 is 1.88 bits per heavy atom. The van der Waals surface area contributed by atoms with Crippen LogP contribution in [0.4, 0.5) is 17.6 Å². The number of anilines is 3. The van der Waals surface area contributed by atoms with Crippen molar-refractivity contribution in [2.75, 3.05) is 23.8 Å². The van der Waals surface area contributed by atoms with E-state index < -0.39 is 0 Å². The molecule has 9 nitrogen and oxygen atoms in total. The van der Waals surface area contributed by atoms with Gasteiger partial charge in [0.15, 0.2) is 5.75 Å². The SMILES string of the molecule is N#COc1ccc(Nc2nc(NC3CCCCCC3)nc(OCC3CCCO3)n2)cc1Cl. The van der Waals surface area contributed by atoms with E-state index in [-0.39, 0.29) is 17.9 Å². The largest absolute Gasteiger partial charge is 0.461 e. The van der Waals surface area contributed by atoms with E-state index in [1.54, 1.807) is 24.5 Å². The number of ether oxygens (including phenoxy) is 3. The van der Waals surface area contributed by atoms with E-state index in [9.17, 15) is 0 Å². The number of halogens is 1.